The number of benzene rings is 1. The van der Waals surface area contributed by atoms with Crippen LogP contribution < -0.4 is 15.4 Å². The first-order chi connectivity index (χ1) is 13.7. The predicted molar refractivity (Wildman–Crippen MR) is 109 cm³/mol. The highest BCUT2D eigenvalue weighted by atomic mass is 16.5. The maximum Gasteiger partial charge on any atom is 0.270 e. The summed E-state index contributed by atoms with van der Waals surface area (Å²) in [6, 6.07) is 10.5. The first-order valence-corrected chi connectivity index (χ1v) is 9.97. The van der Waals surface area contributed by atoms with E-state index < -0.39 is 0 Å². The molecule has 6 heteroatoms. The number of rotatable bonds is 6. The Kier molecular flexibility index (Phi) is 7.00. The summed E-state index contributed by atoms with van der Waals surface area (Å²) in [4.78, 5) is 29.2. The molecule has 0 spiro atoms. The van der Waals surface area contributed by atoms with E-state index in [1.165, 1.54) is 25.1 Å². The summed E-state index contributed by atoms with van der Waals surface area (Å²) >= 11 is 0. The molecule has 1 aliphatic rings. The number of hydrogen-bond acceptors (Lipinski definition) is 4. The van der Waals surface area contributed by atoms with E-state index in [1.54, 1.807) is 30.3 Å². The van der Waals surface area contributed by atoms with E-state index in [0.717, 1.165) is 31.4 Å². The maximum absolute atomic E-state index is 12.5. The lowest BCUT2D eigenvalue weighted by molar-refractivity contribution is 0.0928. The van der Waals surface area contributed by atoms with Gasteiger partial charge in [-0.2, -0.15) is 0 Å². The molecular formula is C22H27N3O3. The lowest BCUT2D eigenvalue weighted by atomic mass is 10.1. The quantitative estimate of drug-likeness (QED) is 0.736. The highest BCUT2D eigenvalue weighted by Gasteiger charge is 2.17. The maximum atomic E-state index is 12.5. The fraction of sp³-hybridized carbons (Fsp3) is 0.409. The van der Waals surface area contributed by atoms with Crippen LogP contribution in [0.25, 0.3) is 0 Å². The van der Waals surface area contributed by atoms with E-state index in [0.29, 0.717) is 17.9 Å². The van der Waals surface area contributed by atoms with Gasteiger partial charge in [0.05, 0.1) is 6.61 Å². The predicted octanol–water partition coefficient (Wildman–Crippen LogP) is 4.19. The second-order valence-corrected chi connectivity index (χ2v) is 7.00. The Morgan fingerprint density at radius 2 is 1.75 bits per heavy atom. The Morgan fingerprint density at radius 3 is 2.43 bits per heavy atom. The number of nitrogens with one attached hydrogen (secondary N) is 2. The standard InChI is InChI=1S/C22H27N3O3/c1-2-28-19-11-9-18(10-12-19)24-21(26)16-13-14-23-20(15-16)22(27)25-17-7-5-3-4-6-8-17/h9-15,17H,2-8H2,1H3,(H,24,26)(H,25,27). The third kappa shape index (κ3) is 5.55. The number of anilines is 1. The molecule has 2 amide bonds. The normalized spacial score (nSPS) is 14.8. The van der Waals surface area contributed by atoms with Crippen LogP contribution in [-0.4, -0.2) is 29.4 Å². The van der Waals surface area contributed by atoms with E-state index in [1.807, 2.05) is 6.92 Å². The van der Waals surface area contributed by atoms with Gasteiger partial charge in [-0.25, -0.2) is 0 Å². The van der Waals surface area contributed by atoms with Crippen LogP contribution in [0.2, 0.25) is 0 Å². The average Bonchev–Trinajstić information content (AvgIpc) is 2.98. The van der Waals surface area contributed by atoms with Gasteiger partial charge in [-0.3, -0.25) is 14.6 Å². The van der Waals surface area contributed by atoms with Crippen molar-refractivity contribution in [3.05, 3.63) is 53.9 Å². The van der Waals surface area contributed by atoms with Gasteiger partial charge in [-0.1, -0.05) is 25.7 Å². The van der Waals surface area contributed by atoms with Crippen LogP contribution in [0.1, 0.15) is 66.3 Å². The summed E-state index contributed by atoms with van der Waals surface area (Å²) in [5.41, 5.74) is 1.33. The monoisotopic (exact) mass is 381 g/mol. The summed E-state index contributed by atoms with van der Waals surface area (Å²) < 4.78 is 5.40. The molecule has 0 atom stereocenters. The minimum atomic E-state index is -0.282. The molecule has 2 N–H and O–H groups in total. The third-order valence-electron chi connectivity index (χ3n) is 4.87. The van der Waals surface area contributed by atoms with Crippen molar-refractivity contribution in [2.75, 3.05) is 11.9 Å². The minimum absolute atomic E-state index is 0.193. The van der Waals surface area contributed by atoms with Gasteiger partial charge in [0, 0.05) is 23.5 Å². The van der Waals surface area contributed by atoms with E-state index in [2.05, 4.69) is 15.6 Å². The molecule has 1 aromatic heterocycles. The topological polar surface area (TPSA) is 80.3 Å². The Labute approximate surface area is 165 Å². The van der Waals surface area contributed by atoms with Gasteiger partial charge < -0.3 is 15.4 Å². The third-order valence-corrected chi connectivity index (χ3v) is 4.87. The number of pyridine rings is 1. The molecule has 1 fully saturated rings. The Balaban J connectivity index is 1.62. The average molecular weight is 381 g/mol. The lowest BCUT2D eigenvalue weighted by Crippen LogP contribution is -2.35. The second-order valence-electron chi connectivity index (χ2n) is 7.00. The zero-order chi connectivity index (χ0) is 19.8. The summed E-state index contributed by atoms with van der Waals surface area (Å²) in [6.07, 6.45) is 8.24. The minimum Gasteiger partial charge on any atom is -0.494 e. The van der Waals surface area contributed by atoms with Crippen LogP contribution in [0, 0.1) is 0 Å². The van der Waals surface area contributed by atoms with E-state index in [-0.39, 0.29) is 23.6 Å². The van der Waals surface area contributed by atoms with Crippen LogP contribution in [0.15, 0.2) is 42.6 Å². The van der Waals surface area contributed by atoms with Crippen LogP contribution in [0.5, 0.6) is 5.75 Å². The summed E-state index contributed by atoms with van der Waals surface area (Å²) in [7, 11) is 0. The van der Waals surface area contributed by atoms with Crippen molar-refractivity contribution in [1.29, 1.82) is 0 Å². The smallest absolute Gasteiger partial charge is 0.270 e. The van der Waals surface area contributed by atoms with Crippen LogP contribution in [0.3, 0.4) is 0 Å². The van der Waals surface area contributed by atoms with Crippen molar-refractivity contribution in [3.8, 4) is 5.75 Å². The molecule has 0 bridgehead atoms. The molecule has 3 rings (SSSR count). The zero-order valence-electron chi connectivity index (χ0n) is 16.2. The van der Waals surface area contributed by atoms with Crippen molar-refractivity contribution >= 4 is 17.5 Å². The highest BCUT2D eigenvalue weighted by Crippen LogP contribution is 2.18. The van der Waals surface area contributed by atoms with E-state index in [9.17, 15) is 9.59 Å². The molecule has 1 aliphatic carbocycles. The van der Waals surface area contributed by atoms with Gasteiger partial charge in [-0.15, -0.1) is 0 Å². The Morgan fingerprint density at radius 1 is 1.04 bits per heavy atom. The molecule has 0 radical (unpaired) electrons. The molecule has 0 unspecified atom stereocenters. The molecule has 0 aliphatic heterocycles. The fourth-order valence-electron chi connectivity index (χ4n) is 3.38. The molecule has 148 valence electrons. The molecule has 6 nitrogen and oxygen atoms in total. The van der Waals surface area contributed by atoms with Crippen molar-refractivity contribution in [3.63, 3.8) is 0 Å². The fourth-order valence-corrected chi connectivity index (χ4v) is 3.38. The molecule has 28 heavy (non-hydrogen) atoms. The molecule has 0 saturated heterocycles. The zero-order valence-corrected chi connectivity index (χ0v) is 16.2. The highest BCUT2D eigenvalue weighted by molar-refractivity contribution is 6.05. The van der Waals surface area contributed by atoms with Crippen molar-refractivity contribution < 1.29 is 14.3 Å². The summed E-state index contributed by atoms with van der Waals surface area (Å²) in [5.74, 6) is 0.250. The lowest BCUT2D eigenvalue weighted by Gasteiger charge is -2.16. The molecular weight excluding hydrogens is 354 g/mol. The summed E-state index contributed by atoms with van der Waals surface area (Å²) in [6.45, 7) is 2.51. The number of aromatic nitrogens is 1. The molecule has 1 saturated carbocycles. The van der Waals surface area contributed by atoms with Gasteiger partial charge in [0.1, 0.15) is 11.4 Å². The van der Waals surface area contributed by atoms with Crippen LogP contribution in [-0.2, 0) is 0 Å². The number of nitrogens with zero attached hydrogens (tertiary/aromatic N) is 1. The van der Waals surface area contributed by atoms with Crippen molar-refractivity contribution in [2.45, 2.75) is 51.5 Å². The van der Waals surface area contributed by atoms with Crippen molar-refractivity contribution in [1.82, 2.24) is 10.3 Å². The SMILES string of the molecule is CCOc1ccc(NC(=O)c2ccnc(C(=O)NC3CCCCCC3)c2)cc1. The molecule has 1 heterocycles. The Hall–Kier alpha value is -2.89. The molecule has 1 aromatic carbocycles. The number of amides is 2. The van der Waals surface area contributed by atoms with Crippen LogP contribution >= 0.6 is 0 Å². The van der Waals surface area contributed by atoms with E-state index in [4.69, 9.17) is 4.74 Å². The van der Waals surface area contributed by atoms with Gasteiger partial charge in [0.25, 0.3) is 11.8 Å². The first-order valence-electron chi connectivity index (χ1n) is 9.97. The second kappa shape index (κ2) is 9.88. The van der Waals surface area contributed by atoms with Gasteiger partial charge in [0.15, 0.2) is 0 Å². The van der Waals surface area contributed by atoms with Crippen LogP contribution in [0.4, 0.5) is 5.69 Å². The number of carbonyl (C=O) groups excluding carboxylic acids is 2. The largest absolute Gasteiger partial charge is 0.494 e. The van der Waals surface area contributed by atoms with Gasteiger partial charge in [-0.05, 0) is 56.2 Å². The van der Waals surface area contributed by atoms with Gasteiger partial charge >= 0.3 is 0 Å². The Bertz CT molecular complexity index is 797. The number of hydrogen-bond donors (Lipinski definition) is 2. The number of carbonyl (C=O) groups is 2. The van der Waals surface area contributed by atoms with Gasteiger partial charge in [0.2, 0.25) is 0 Å². The number of ether oxygens (including phenoxy) is 1. The first kappa shape index (κ1) is 19.9. The van der Waals surface area contributed by atoms with Crippen molar-refractivity contribution in [2.24, 2.45) is 0 Å². The summed E-state index contributed by atoms with van der Waals surface area (Å²) in [5, 5.41) is 5.89. The van der Waals surface area contributed by atoms with E-state index >= 15 is 0 Å². The molecule has 2 aromatic rings.